The fraction of sp³-hybridized carbons (Fsp3) is 0.588. The van der Waals surface area contributed by atoms with Crippen LogP contribution >= 0.6 is 0 Å². The van der Waals surface area contributed by atoms with Gasteiger partial charge >= 0.3 is 5.97 Å². The fourth-order valence-electron chi connectivity index (χ4n) is 2.56. The summed E-state index contributed by atoms with van der Waals surface area (Å²) in [5.74, 6) is 0.690. The quantitative estimate of drug-likeness (QED) is 0.810. The Morgan fingerprint density at radius 2 is 1.85 bits per heavy atom. The van der Waals surface area contributed by atoms with E-state index in [4.69, 9.17) is 4.74 Å². The third-order valence-electron chi connectivity index (χ3n) is 4.01. The molecule has 1 fully saturated rings. The first-order valence-corrected chi connectivity index (χ1v) is 7.43. The van der Waals surface area contributed by atoms with E-state index in [1.54, 1.807) is 0 Å². The van der Waals surface area contributed by atoms with E-state index >= 15 is 0 Å². The van der Waals surface area contributed by atoms with E-state index in [2.05, 4.69) is 36.5 Å². The lowest BCUT2D eigenvalue weighted by Gasteiger charge is -2.27. The third-order valence-corrected chi connectivity index (χ3v) is 4.01. The van der Waals surface area contributed by atoms with Crippen LogP contribution in [0.1, 0.15) is 43.9 Å². The van der Waals surface area contributed by atoms with Crippen molar-refractivity contribution in [1.82, 2.24) is 5.32 Å². The van der Waals surface area contributed by atoms with Crippen LogP contribution in [0.2, 0.25) is 0 Å². The van der Waals surface area contributed by atoms with E-state index in [1.807, 2.05) is 13.8 Å². The maximum absolute atomic E-state index is 11.9. The van der Waals surface area contributed by atoms with Gasteiger partial charge in [-0.3, -0.25) is 10.1 Å². The van der Waals surface area contributed by atoms with E-state index in [9.17, 15) is 4.79 Å². The summed E-state index contributed by atoms with van der Waals surface area (Å²) in [5, 5.41) is 3.53. The van der Waals surface area contributed by atoms with Crippen LogP contribution in [-0.2, 0) is 9.53 Å². The minimum Gasteiger partial charge on any atom is -0.468 e. The lowest BCUT2D eigenvalue weighted by Crippen LogP contribution is -2.44. The standard InChI is InChI=1S/C17H25NO2/c1-11(2)15(17(19)20-4)18-16(14-9-10-14)13-7-5-12(3)6-8-13/h5-8,11,14-16,18H,9-10H2,1-4H3. The van der Waals surface area contributed by atoms with Gasteiger partial charge in [0.2, 0.25) is 0 Å². The molecule has 1 aliphatic carbocycles. The molecule has 0 saturated heterocycles. The van der Waals surface area contributed by atoms with Crippen molar-refractivity contribution in [1.29, 1.82) is 0 Å². The Morgan fingerprint density at radius 3 is 2.30 bits per heavy atom. The Kier molecular flexibility index (Phi) is 4.81. The Morgan fingerprint density at radius 1 is 1.25 bits per heavy atom. The lowest BCUT2D eigenvalue weighted by molar-refractivity contribution is -0.144. The molecule has 0 radical (unpaired) electrons. The van der Waals surface area contributed by atoms with Crippen LogP contribution in [0, 0.1) is 18.8 Å². The Labute approximate surface area is 121 Å². The molecular formula is C17H25NO2. The third kappa shape index (κ3) is 3.60. The summed E-state index contributed by atoms with van der Waals surface area (Å²) in [6, 6.07) is 8.61. The van der Waals surface area contributed by atoms with E-state index in [-0.39, 0.29) is 24.0 Å². The summed E-state index contributed by atoms with van der Waals surface area (Å²) in [5.41, 5.74) is 2.53. The smallest absolute Gasteiger partial charge is 0.323 e. The topological polar surface area (TPSA) is 38.3 Å². The van der Waals surface area contributed by atoms with Gasteiger partial charge in [0.1, 0.15) is 6.04 Å². The molecule has 110 valence electrons. The van der Waals surface area contributed by atoms with Crippen LogP contribution in [0.15, 0.2) is 24.3 Å². The van der Waals surface area contributed by atoms with Crippen LogP contribution in [-0.4, -0.2) is 19.1 Å². The van der Waals surface area contributed by atoms with Crippen molar-refractivity contribution in [2.75, 3.05) is 7.11 Å². The summed E-state index contributed by atoms with van der Waals surface area (Å²) in [7, 11) is 1.46. The molecule has 1 aromatic carbocycles. The average Bonchev–Trinajstić information content (AvgIpc) is 3.24. The van der Waals surface area contributed by atoms with Gasteiger partial charge in [0.25, 0.3) is 0 Å². The highest BCUT2D eigenvalue weighted by molar-refractivity contribution is 5.76. The van der Waals surface area contributed by atoms with Crippen molar-refractivity contribution in [2.45, 2.75) is 45.7 Å². The molecule has 0 aromatic heterocycles. The first kappa shape index (κ1) is 15.0. The van der Waals surface area contributed by atoms with Gasteiger partial charge in [-0.05, 0) is 37.2 Å². The monoisotopic (exact) mass is 275 g/mol. The van der Waals surface area contributed by atoms with Crippen LogP contribution in [0.5, 0.6) is 0 Å². The van der Waals surface area contributed by atoms with Crippen LogP contribution in [0.25, 0.3) is 0 Å². The van der Waals surface area contributed by atoms with Crippen molar-refractivity contribution >= 4 is 5.97 Å². The normalized spacial score (nSPS) is 17.9. The molecule has 1 N–H and O–H groups in total. The molecule has 1 saturated carbocycles. The Balaban J connectivity index is 2.16. The lowest BCUT2D eigenvalue weighted by atomic mass is 9.97. The van der Waals surface area contributed by atoms with Gasteiger partial charge in [-0.15, -0.1) is 0 Å². The van der Waals surface area contributed by atoms with Crippen LogP contribution in [0.4, 0.5) is 0 Å². The number of hydrogen-bond acceptors (Lipinski definition) is 3. The number of nitrogens with one attached hydrogen (secondary N) is 1. The molecule has 1 aliphatic rings. The predicted octanol–water partition coefficient (Wildman–Crippen LogP) is 3.23. The number of ether oxygens (including phenoxy) is 1. The minimum atomic E-state index is -0.244. The molecule has 2 unspecified atom stereocenters. The minimum absolute atomic E-state index is 0.169. The molecular weight excluding hydrogens is 250 g/mol. The van der Waals surface area contributed by atoms with E-state index < -0.39 is 0 Å². The maximum Gasteiger partial charge on any atom is 0.323 e. The van der Waals surface area contributed by atoms with Crippen LogP contribution in [0.3, 0.4) is 0 Å². The Bertz CT molecular complexity index is 449. The van der Waals surface area contributed by atoms with Crippen molar-refractivity contribution in [3.8, 4) is 0 Å². The predicted molar refractivity (Wildman–Crippen MR) is 80.4 cm³/mol. The average molecular weight is 275 g/mol. The van der Waals surface area contributed by atoms with Gasteiger partial charge in [0.15, 0.2) is 0 Å². The highest BCUT2D eigenvalue weighted by atomic mass is 16.5. The van der Waals surface area contributed by atoms with E-state index in [1.165, 1.54) is 31.1 Å². The van der Waals surface area contributed by atoms with Gasteiger partial charge in [-0.2, -0.15) is 0 Å². The van der Waals surface area contributed by atoms with Gasteiger partial charge in [-0.25, -0.2) is 0 Å². The number of methoxy groups -OCH3 is 1. The summed E-state index contributed by atoms with van der Waals surface area (Å²) in [6.45, 7) is 6.19. The second-order valence-electron chi connectivity index (χ2n) is 6.14. The zero-order chi connectivity index (χ0) is 14.7. The highest BCUT2D eigenvalue weighted by Crippen LogP contribution is 2.41. The molecule has 1 aromatic rings. The van der Waals surface area contributed by atoms with Crippen LogP contribution < -0.4 is 5.32 Å². The molecule has 0 aliphatic heterocycles. The van der Waals surface area contributed by atoms with Crippen molar-refractivity contribution in [3.05, 3.63) is 35.4 Å². The molecule has 20 heavy (non-hydrogen) atoms. The van der Waals surface area contributed by atoms with Crippen molar-refractivity contribution in [2.24, 2.45) is 11.8 Å². The van der Waals surface area contributed by atoms with Crippen molar-refractivity contribution in [3.63, 3.8) is 0 Å². The molecule has 0 heterocycles. The summed E-state index contributed by atoms with van der Waals surface area (Å²) < 4.78 is 4.93. The molecule has 2 rings (SSSR count). The van der Waals surface area contributed by atoms with Gasteiger partial charge in [0, 0.05) is 6.04 Å². The number of esters is 1. The SMILES string of the molecule is COC(=O)C(NC(c1ccc(C)cc1)C1CC1)C(C)C. The van der Waals surface area contributed by atoms with E-state index in [0.717, 1.165) is 0 Å². The largest absolute Gasteiger partial charge is 0.468 e. The number of carbonyl (C=O) groups is 1. The molecule has 3 heteroatoms. The van der Waals surface area contributed by atoms with Crippen molar-refractivity contribution < 1.29 is 9.53 Å². The molecule has 0 bridgehead atoms. The summed E-state index contributed by atoms with van der Waals surface area (Å²) >= 11 is 0. The van der Waals surface area contributed by atoms with Gasteiger partial charge in [-0.1, -0.05) is 43.7 Å². The van der Waals surface area contributed by atoms with E-state index in [0.29, 0.717) is 5.92 Å². The first-order valence-electron chi connectivity index (χ1n) is 7.43. The zero-order valence-corrected chi connectivity index (χ0v) is 12.8. The zero-order valence-electron chi connectivity index (χ0n) is 12.8. The second kappa shape index (κ2) is 6.40. The fourth-order valence-corrected chi connectivity index (χ4v) is 2.56. The number of benzene rings is 1. The molecule has 0 spiro atoms. The first-order chi connectivity index (χ1) is 9.52. The number of aryl methyl sites for hydroxylation is 1. The maximum atomic E-state index is 11.9. The molecule has 0 amide bonds. The Hall–Kier alpha value is -1.35. The summed E-state index contributed by atoms with van der Waals surface area (Å²) in [6.07, 6.45) is 2.47. The van der Waals surface area contributed by atoms with Gasteiger partial charge < -0.3 is 4.74 Å². The second-order valence-corrected chi connectivity index (χ2v) is 6.14. The number of hydrogen-bond donors (Lipinski definition) is 1. The number of carbonyl (C=O) groups excluding carboxylic acids is 1. The summed E-state index contributed by atoms with van der Waals surface area (Å²) in [4.78, 5) is 11.9. The van der Waals surface area contributed by atoms with Gasteiger partial charge in [0.05, 0.1) is 7.11 Å². The molecule has 3 nitrogen and oxygen atoms in total. The molecule has 2 atom stereocenters. The highest BCUT2D eigenvalue weighted by Gasteiger charge is 2.36. The number of rotatable bonds is 6.